The molecular formula is C15H26N2O2S2. The first-order valence-electron chi connectivity index (χ1n) is 7.51. The van der Waals surface area contributed by atoms with Gasteiger partial charge in [0.05, 0.1) is 4.90 Å². The first-order chi connectivity index (χ1) is 9.68. The Morgan fingerprint density at radius 3 is 2.71 bits per heavy atom. The molecule has 21 heavy (non-hydrogen) atoms. The molecule has 1 saturated carbocycles. The van der Waals surface area contributed by atoms with Gasteiger partial charge in [-0.3, -0.25) is 0 Å². The molecule has 1 aliphatic carbocycles. The van der Waals surface area contributed by atoms with E-state index in [0.717, 1.165) is 24.1 Å². The Balaban J connectivity index is 2.00. The fraction of sp³-hybridized carbons (Fsp3) is 0.733. The van der Waals surface area contributed by atoms with Crippen molar-refractivity contribution in [2.45, 2.75) is 70.5 Å². The molecule has 2 N–H and O–H groups in total. The van der Waals surface area contributed by atoms with E-state index in [0.29, 0.717) is 17.5 Å². The van der Waals surface area contributed by atoms with Crippen molar-refractivity contribution in [1.29, 1.82) is 0 Å². The molecule has 1 unspecified atom stereocenters. The summed E-state index contributed by atoms with van der Waals surface area (Å²) in [5.41, 5.74) is 0.244. The maximum absolute atomic E-state index is 12.4. The number of nitrogens with one attached hydrogen (secondary N) is 2. The van der Waals surface area contributed by atoms with Crippen LogP contribution in [0.2, 0.25) is 0 Å². The van der Waals surface area contributed by atoms with Crippen LogP contribution in [-0.2, 0) is 16.6 Å². The third-order valence-electron chi connectivity index (χ3n) is 3.91. The second-order valence-electron chi connectivity index (χ2n) is 7.01. The van der Waals surface area contributed by atoms with Gasteiger partial charge in [0.25, 0.3) is 0 Å². The van der Waals surface area contributed by atoms with Crippen molar-refractivity contribution in [3.8, 4) is 0 Å². The SMILES string of the molecule is CC(C)NCc1cc(S(=O)(=O)NC2CCC(C)(C)C2)cs1. The number of hydrogen-bond donors (Lipinski definition) is 2. The van der Waals surface area contributed by atoms with Crippen molar-refractivity contribution >= 4 is 21.4 Å². The molecule has 1 aromatic heterocycles. The van der Waals surface area contributed by atoms with Crippen LogP contribution in [0.25, 0.3) is 0 Å². The highest BCUT2D eigenvalue weighted by molar-refractivity contribution is 7.89. The molecule has 1 heterocycles. The smallest absolute Gasteiger partial charge is 0.241 e. The number of thiophene rings is 1. The van der Waals surface area contributed by atoms with Gasteiger partial charge in [0.2, 0.25) is 10.0 Å². The third-order valence-corrected chi connectivity index (χ3v) is 6.50. The molecule has 0 aliphatic heterocycles. The molecule has 0 saturated heterocycles. The van der Waals surface area contributed by atoms with Gasteiger partial charge in [0.15, 0.2) is 0 Å². The van der Waals surface area contributed by atoms with Gasteiger partial charge < -0.3 is 5.32 Å². The number of rotatable bonds is 6. The van der Waals surface area contributed by atoms with Gasteiger partial charge in [0, 0.05) is 28.9 Å². The van der Waals surface area contributed by atoms with E-state index in [2.05, 4.69) is 37.7 Å². The molecule has 0 spiro atoms. The van der Waals surface area contributed by atoms with Crippen molar-refractivity contribution in [3.63, 3.8) is 0 Å². The largest absolute Gasteiger partial charge is 0.310 e. The van der Waals surface area contributed by atoms with Gasteiger partial charge in [-0.15, -0.1) is 11.3 Å². The quantitative estimate of drug-likeness (QED) is 0.842. The fourth-order valence-electron chi connectivity index (χ4n) is 2.72. The molecule has 2 rings (SSSR count). The van der Waals surface area contributed by atoms with Crippen LogP contribution in [0.3, 0.4) is 0 Å². The molecule has 1 fully saturated rings. The van der Waals surface area contributed by atoms with E-state index < -0.39 is 10.0 Å². The second kappa shape index (κ2) is 6.36. The van der Waals surface area contributed by atoms with E-state index in [-0.39, 0.29) is 11.5 Å². The minimum absolute atomic E-state index is 0.0714. The first-order valence-corrected chi connectivity index (χ1v) is 9.87. The highest BCUT2D eigenvalue weighted by Crippen LogP contribution is 2.37. The van der Waals surface area contributed by atoms with Gasteiger partial charge in [-0.2, -0.15) is 0 Å². The third kappa shape index (κ3) is 4.77. The fourth-order valence-corrected chi connectivity index (χ4v) is 5.22. The lowest BCUT2D eigenvalue weighted by Gasteiger charge is -2.17. The Kier molecular flexibility index (Phi) is 5.13. The van der Waals surface area contributed by atoms with Gasteiger partial charge >= 0.3 is 0 Å². The lowest BCUT2D eigenvalue weighted by molar-refractivity contribution is 0.372. The Bertz CT molecular complexity index is 576. The molecule has 1 atom stereocenters. The Labute approximate surface area is 132 Å². The van der Waals surface area contributed by atoms with Crippen molar-refractivity contribution in [2.75, 3.05) is 0 Å². The topological polar surface area (TPSA) is 58.2 Å². The minimum atomic E-state index is -3.38. The standard InChI is InChI=1S/C15H26N2O2S2/c1-11(2)16-9-13-7-14(10-20-13)21(18,19)17-12-5-6-15(3,4)8-12/h7,10-12,16-17H,5-6,8-9H2,1-4H3. The number of sulfonamides is 1. The van der Waals surface area contributed by atoms with Crippen LogP contribution in [-0.4, -0.2) is 20.5 Å². The lowest BCUT2D eigenvalue weighted by atomic mass is 9.92. The lowest BCUT2D eigenvalue weighted by Crippen LogP contribution is -2.33. The predicted octanol–water partition coefficient (Wildman–Crippen LogP) is 3.10. The van der Waals surface area contributed by atoms with Crippen LogP contribution < -0.4 is 10.0 Å². The molecule has 1 aromatic rings. The average Bonchev–Trinajstić information content (AvgIpc) is 2.93. The van der Waals surface area contributed by atoms with E-state index in [9.17, 15) is 8.42 Å². The summed E-state index contributed by atoms with van der Waals surface area (Å²) in [6, 6.07) is 2.25. The minimum Gasteiger partial charge on any atom is -0.310 e. The second-order valence-corrected chi connectivity index (χ2v) is 9.72. The Morgan fingerprint density at radius 1 is 1.43 bits per heavy atom. The summed E-state index contributed by atoms with van der Waals surface area (Å²) in [6.07, 6.45) is 2.92. The molecule has 120 valence electrons. The van der Waals surface area contributed by atoms with E-state index in [1.54, 1.807) is 11.4 Å². The van der Waals surface area contributed by atoms with Gasteiger partial charge in [0.1, 0.15) is 0 Å². The average molecular weight is 331 g/mol. The normalized spacial score (nSPS) is 22.0. The van der Waals surface area contributed by atoms with Crippen LogP contribution in [0.1, 0.15) is 51.8 Å². The van der Waals surface area contributed by atoms with Crippen molar-refractivity contribution in [2.24, 2.45) is 5.41 Å². The summed E-state index contributed by atoms with van der Waals surface area (Å²) >= 11 is 1.49. The first kappa shape index (κ1) is 16.9. The van der Waals surface area contributed by atoms with E-state index in [1.807, 2.05) is 0 Å². The van der Waals surface area contributed by atoms with Crippen molar-refractivity contribution in [3.05, 3.63) is 16.3 Å². The Morgan fingerprint density at radius 2 is 2.14 bits per heavy atom. The summed E-state index contributed by atoms with van der Waals surface area (Å²) < 4.78 is 27.7. The monoisotopic (exact) mass is 330 g/mol. The van der Waals surface area contributed by atoms with Crippen LogP contribution in [0.4, 0.5) is 0 Å². The zero-order chi connectivity index (χ0) is 15.7. The Hall–Kier alpha value is -0.430. The summed E-state index contributed by atoms with van der Waals surface area (Å²) in [4.78, 5) is 1.45. The highest BCUT2D eigenvalue weighted by Gasteiger charge is 2.33. The maximum Gasteiger partial charge on any atom is 0.241 e. The van der Waals surface area contributed by atoms with Crippen LogP contribution in [0, 0.1) is 5.41 Å². The molecule has 0 radical (unpaired) electrons. The highest BCUT2D eigenvalue weighted by atomic mass is 32.2. The van der Waals surface area contributed by atoms with Crippen LogP contribution in [0.15, 0.2) is 16.3 Å². The van der Waals surface area contributed by atoms with Crippen LogP contribution in [0.5, 0.6) is 0 Å². The zero-order valence-corrected chi connectivity index (χ0v) is 14.9. The maximum atomic E-state index is 12.4. The van der Waals surface area contributed by atoms with Crippen molar-refractivity contribution in [1.82, 2.24) is 10.0 Å². The van der Waals surface area contributed by atoms with E-state index in [1.165, 1.54) is 11.3 Å². The molecule has 0 amide bonds. The predicted molar refractivity (Wildman–Crippen MR) is 88.0 cm³/mol. The molecule has 4 nitrogen and oxygen atoms in total. The van der Waals surface area contributed by atoms with Crippen molar-refractivity contribution < 1.29 is 8.42 Å². The van der Waals surface area contributed by atoms with Gasteiger partial charge in [-0.05, 0) is 30.7 Å². The zero-order valence-electron chi connectivity index (χ0n) is 13.3. The summed E-state index contributed by atoms with van der Waals surface area (Å²) in [7, 11) is -3.38. The van der Waals surface area contributed by atoms with Gasteiger partial charge in [-0.25, -0.2) is 13.1 Å². The number of hydrogen-bond acceptors (Lipinski definition) is 4. The molecular weight excluding hydrogens is 304 g/mol. The molecule has 0 aromatic carbocycles. The summed E-state index contributed by atoms with van der Waals surface area (Å²) in [5, 5.41) is 5.04. The van der Waals surface area contributed by atoms with E-state index >= 15 is 0 Å². The summed E-state index contributed by atoms with van der Waals surface area (Å²) in [6.45, 7) is 9.26. The molecule has 1 aliphatic rings. The van der Waals surface area contributed by atoms with Crippen LogP contribution >= 0.6 is 11.3 Å². The molecule has 6 heteroatoms. The van der Waals surface area contributed by atoms with E-state index in [4.69, 9.17) is 0 Å². The van der Waals surface area contributed by atoms with Gasteiger partial charge in [-0.1, -0.05) is 27.7 Å². The summed E-state index contributed by atoms with van der Waals surface area (Å²) in [5.74, 6) is 0. The molecule has 0 bridgehead atoms.